The van der Waals surface area contributed by atoms with Crippen molar-refractivity contribution in [1.82, 2.24) is 0 Å². The zero-order valence-corrected chi connectivity index (χ0v) is 16.5. The monoisotopic (exact) mass is 382 g/mol. The molecule has 0 aliphatic carbocycles. The molecular weight excluding hydrogens is 360 g/mol. The fourth-order valence-electron chi connectivity index (χ4n) is 3.00. The van der Waals surface area contributed by atoms with Gasteiger partial charge in [0.2, 0.25) is 0 Å². The van der Waals surface area contributed by atoms with E-state index in [9.17, 15) is 0 Å². The van der Waals surface area contributed by atoms with Crippen molar-refractivity contribution < 1.29 is 8.37 Å². The Morgan fingerprint density at radius 1 is 0.808 bits per heavy atom. The minimum atomic E-state index is 0.552. The van der Waals surface area contributed by atoms with Crippen molar-refractivity contribution in [3.8, 4) is 11.5 Å². The Hall–Kier alpha value is -2.30. The molecular formula is C22H22O2S2. The molecule has 0 saturated carbocycles. The Morgan fingerprint density at radius 3 is 1.73 bits per heavy atom. The quantitative estimate of drug-likeness (QED) is 0.391. The lowest BCUT2D eigenvalue weighted by atomic mass is 9.90. The predicted octanol–water partition coefficient (Wildman–Crippen LogP) is 6.69. The fraction of sp³-hybridized carbons (Fsp3) is 0.0909. The van der Waals surface area contributed by atoms with Crippen molar-refractivity contribution in [2.24, 2.45) is 0 Å². The van der Waals surface area contributed by atoms with Gasteiger partial charge >= 0.3 is 0 Å². The van der Waals surface area contributed by atoms with E-state index in [4.69, 9.17) is 8.37 Å². The molecule has 2 aromatic rings. The molecule has 0 amide bonds. The van der Waals surface area contributed by atoms with Gasteiger partial charge in [0.1, 0.15) is 11.5 Å². The lowest BCUT2D eigenvalue weighted by molar-refractivity contribution is 0.637. The lowest BCUT2D eigenvalue weighted by Crippen LogP contribution is -2.02. The zero-order valence-electron chi connectivity index (χ0n) is 14.7. The average Bonchev–Trinajstić information content (AvgIpc) is 2.68. The van der Waals surface area contributed by atoms with E-state index in [1.54, 1.807) is 12.2 Å². The van der Waals surface area contributed by atoms with Crippen molar-refractivity contribution in [2.45, 2.75) is 13.3 Å². The molecule has 2 nitrogen and oxygen atoms in total. The third-order valence-corrected chi connectivity index (χ3v) is 4.62. The summed E-state index contributed by atoms with van der Waals surface area (Å²) in [7, 11) is 0. The highest BCUT2D eigenvalue weighted by molar-refractivity contribution is 7.75. The van der Waals surface area contributed by atoms with Crippen molar-refractivity contribution in [3.63, 3.8) is 0 Å². The molecule has 2 rings (SSSR count). The predicted molar refractivity (Wildman–Crippen MR) is 120 cm³/mol. The molecule has 0 radical (unpaired) electrons. The summed E-state index contributed by atoms with van der Waals surface area (Å²) in [6, 6.07) is 7.66. The van der Waals surface area contributed by atoms with Crippen molar-refractivity contribution in [1.29, 1.82) is 0 Å². The van der Waals surface area contributed by atoms with Gasteiger partial charge < -0.3 is 8.37 Å². The van der Waals surface area contributed by atoms with Crippen LogP contribution in [0, 0.1) is 0 Å². The molecule has 0 atom stereocenters. The first-order chi connectivity index (χ1) is 12.6. The normalized spacial score (nSPS) is 10.6. The topological polar surface area (TPSA) is 18.5 Å². The van der Waals surface area contributed by atoms with Gasteiger partial charge in [0, 0.05) is 43.4 Å². The van der Waals surface area contributed by atoms with Crippen LogP contribution in [0.1, 0.15) is 40.3 Å². The Bertz CT molecular complexity index is 867. The van der Waals surface area contributed by atoms with E-state index in [1.807, 2.05) is 49.4 Å². The van der Waals surface area contributed by atoms with E-state index in [0.29, 0.717) is 17.9 Å². The number of hydrogen-bond acceptors (Lipinski definition) is 4. The smallest absolute Gasteiger partial charge is 0.141 e. The maximum absolute atomic E-state index is 5.33. The highest BCUT2D eigenvalue weighted by Gasteiger charge is 2.18. The molecule has 0 aromatic heterocycles. The molecule has 2 aromatic carbocycles. The number of thiol groups is 2. The van der Waals surface area contributed by atoms with Gasteiger partial charge in [-0.3, -0.25) is 0 Å². The minimum Gasteiger partial charge on any atom is -0.429 e. The Kier molecular flexibility index (Phi) is 7.25. The third-order valence-electron chi connectivity index (χ3n) is 4.22. The van der Waals surface area contributed by atoms with Crippen molar-refractivity contribution >= 4 is 50.1 Å². The maximum atomic E-state index is 5.33. The molecule has 0 aliphatic heterocycles. The van der Waals surface area contributed by atoms with Gasteiger partial charge in [0.05, 0.1) is 0 Å². The van der Waals surface area contributed by atoms with Gasteiger partial charge in [-0.2, -0.15) is 0 Å². The van der Waals surface area contributed by atoms with E-state index < -0.39 is 0 Å². The third kappa shape index (κ3) is 3.92. The summed E-state index contributed by atoms with van der Waals surface area (Å²) in [6.45, 7) is 13.7. The molecule has 134 valence electrons. The van der Waals surface area contributed by atoms with Gasteiger partial charge in [0.25, 0.3) is 0 Å². The van der Waals surface area contributed by atoms with Crippen LogP contribution >= 0.6 is 25.8 Å². The second-order valence-corrected chi connectivity index (χ2v) is 5.93. The van der Waals surface area contributed by atoms with Crippen LogP contribution in [-0.4, -0.2) is 0 Å². The summed E-state index contributed by atoms with van der Waals surface area (Å²) in [5.74, 6) is 1.34. The maximum Gasteiger partial charge on any atom is 0.141 e. The van der Waals surface area contributed by atoms with Gasteiger partial charge in [-0.1, -0.05) is 62.2 Å². The number of rotatable bonds is 8. The first-order valence-corrected chi connectivity index (χ1v) is 8.82. The van der Waals surface area contributed by atoms with Crippen LogP contribution in [0.5, 0.6) is 11.5 Å². The van der Waals surface area contributed by atoms with Crippen molar-refractivity contribution in [3.05, 3.63) is 83.5 Å². The molecule has 0 aliphatic rings. The van der Waals surface area contributed by atoms with Gasteiger partial charge in [0.15, 0.2) is 0 Å². The van der Waals surface area contributed by atoms with Gasteiger partial charge in [-0.05, 0) is 41.3 Å². The van der Waals surface area contributed by atoms with E-state index in [1.165, 1.54) is 0 Å². The second kappa shape index (κ2) is 9.41. The molecule has 0 fully saturated rings. The van der Waals surface area contributed by atoms with Gasteiger partial charge in [-0.15, -0.1) is 0 Å². The fourth-order valence-corrected chi connectivity index (χ4v) is 3.34. The SMILES string of the molecule is C=Cc1ccc(OS)c(Cc2c(OS)ccc(C=C)c2/C=C\C)c1C=C. The minimum absolute atomic E-state index is 0.552. The van der Waals surface area contributed by atoms with Crippen LogP contribution in [0.25, 0.3) is 24.3 Å². The number of benzene rings is 2. The van der Waals surface area contributed by atoms with Crippen LogP contribution in [0.2, 0.25) is 0 Å². The Morgan fingerprint density at radius 2 is 1.31 bits per heavy atom. The number of hydrogen-bond donors (Lipinski definition) is 2. The van der Waals surface area contributed by atoms with Crippen LogP contribution in [0.3, 0.4) is 0 Å². The molecule has 0 heterocycles. The van der Waals surface area contributed by atoms with E-state index >= 15 is 0 Å². The van der Waals surface area contributed by atoms with E-state index in [0.717, 1.165) is 33.4 Å². The first kappa shape index (κ1) is 20.0. The largest absolute Gasteiger partial charge is 0.429 e. The molecule has 0 N–H and O–H groups in total. The average molecular weight is 383 g/mol. The van der Waals surface area contributed by atoms with Crippen LogP contribution < -0.4 is 8.37 Å². The Labute approximate surface area is 166 Å². The first-order valence-electron chi connectivity index (χ1n) is 8.09. The van der Waals surface area contributed by atoms with E-state index in [2.05, 4.69) is 45.6 Å². The summed E-state index contributed by atoms with van der Waals surface area (Å²) in [5, 5.41) is 0. The molecule has 4 heteroatoms. The van der Waals surface area contributed by atoms with Crippen molar-refractivity contribution in [2.75, 3.05) is 0 Å². The molecule has 0 bridgehead atoms. The molecule has 0 unspecified atom stereocenters. The lowest BCUT2D eigenvalue weighted by Gasteiger charge is -2.18. The highest BCUT2D eigenvalue weighted by atomic mass is 32.1. The van der Waals surface area contributed by atoms with Crippen LogP contribution in [0.15, 0.2) is 50.1 Å². The summed E-state index contributed by atoms with van der Waals surface area (Å²) >= 11 is 8.04. The molecule has 0 spiro atoms. The summed E-state index contributed by atoms with van der Waals surface area (Å²) in [5.41, 5.74) is 5.90. The Balaban J connectivity index is 2.77. The zero-order chi connectivity index (χ0) is 19.1. The van der Waals surface area contributed by atoms with E-state index in [-0.39, 0.29) is 0 Å². The number of allylic oxidation sites excluding steroid dienone is 1. The van der Waals surface area contributed by atoms with Crippen LogP contribution in [-0.2, 0) is 6.42 Å². The van der Waals surface area contributed by atoms with Crippen LogP contribution in [0.4, 0.5) is 0 Å². The van der Waals surface area contributed by atoms with Gasteiger partial charge in [-0.25, -0.2) is 0 Å². The second-order valence-electron chi connectivity index (χ2n) is 5.56. The molecule has 26 heavy (non-hydrogen) atoms. The standard InChI is InChI=1S/C22H22O2S2/c1-5-9-18-16(7-3)11-13-22(24-26)20(18)14-19-17(8-4)15(6-2)10-12-21(19)23-25/h5-13,25-26H,2-4,14H2,1H3/b9-5-. The highest BCUT2D eigenvalue weighted by Crippen LogP contribution is 2.36. The summed E-state index contributed by atoms with van der Waals surface area (Å²) < 4.78 is 10.6. The summed E-state index contributed by atoms with van der Waals surface area (Å²) in [4.78, 5) is 0. The summed E-state index contributed by atoms with van der Waals surface area (Å²) in [6.07, 6.45) is 10.00. The molecule has 0 saturated heterocycles.